The van der Waals surface area contributed by atoms with Crippen LogP contribution in [0.1, 0.15) is 32.6 Å². The van der Waals surface area contributed by atoms with Crippen LogP contribution < -0.4 is 0 Å². The van der Waals surface area contributed by atoms with Crippen LogP contribution in [-0.2, 0) is 28.6 Å². The van der Waals surface area contributed by atoms with Gasteiger partial charge in [-0.3, -0.25) is 0 Å². The number of carbonyl (C=O) groups is 3. The maximum Gasteiger partial charge on any atom is 0.333 e. The van der Waals surface area contributed by atoms with Gasteiger partial charge in [0, 0.05) is 18.2 Å². The minimum Gasteiger partial charge on any atom is -0.451 e. The Balaban J connectivity index is 6.75. The summed E-state index contributed by atoms with van der Waals surface area (Å²) in [6, 6.07) is 0. The summed E-state index contributed by atoms with van der Waals surface area (Å²) in [5, 5.41) is 29.9. The Morgan fingerprint density at radius 2 is 1.31 bits per heavy atom. The molecular formula is C20H30O9. The van der Waals surface area contributed by atoms with E-state index >= 15 is 0 Å². The number of hydrogen-bond acceptors (Lipinski definition) is 9. The fourth-order valence-corrected chi connectivity index (χ4v) is 2.67. The van der Waals surface area contributed by atoms with Gasteiger partial charge in [0.2, 0.25) is 0 Å². The topological polar surface area (TPSA) is 140 Å². The van der Waals surface area contributed by atoms with Crippen LogP contribution in [0, 0.1) is 5.41 Å². The van der Waals surface area contributed by atoms with E-state index in [0.717, 1.165) is 24.6 Å². The normalized spacial score (nSPS) is 12.4. The molecule has 29 heavy (non-hydrogen) atoms. The third-order valence-corrected chi connectivity index (χ3v) is 4.40. The molecule has 0 fully saturated rings. The Bertz CT molecular complexity index is 562. The first-order valence-corrected chi connectivity index (χ1v) is 9.12. The lowest BCUT2D eigenvalue weighted by Crippen LogP contribution is -2.66. The quantitative estimate of drug-likeness (QED) is 0.153. The molecule has 0 spiro atoms. The van der Waals surface area contributed by atoms with Gasteiger partial charge in [-0.15, -0.1) is 0 Å². The zero-order valence-electron chi connectivity index (χ0n) is 16.7. The van der Waals surface area contributed by atoms with Gasteiger partial charge in [-0.2, -0.15) is 0 Å². The van der Waals surface area contributed by atoms with E-state index in [1.54, 1.807) is 0 Å². The third kappa shape index (κ3) is 6.52. The molecule has 0 aromatic heterocycles. The maximum atomic E-state index is 12.1. The Morgan fingerprint density at radius 3 is 1.66 bits per heavy atom. The summed E-state index contributed by atoms with van der Waals surface area (Å²) in [6.45, 7) is 8.82. The van der Waals surface area contributed by atoms with Gasteiger partial charge in [-0.05, 0) is 12.8 Å². The molecule has 1 unspecified atom stereocenters. The second-order valence-electron chi connectivity index (χ2n) is 6.30. The molecule has 0 amide bonds. The van der Waals surface area contributed by atoms with E-state index in [1.165, 1.54) is 0 Å². The van der Waals surface area contributed by atoms with E-state index < -0.39 is 55.0 Å². The molecule has 1 atom stereocenters. The molecule has 0 heterocycles. The van der Waals surface area contributed by atoms with Gasteiger partial charge >= 0.3 is 23.7 Å². The molecular weight excluding hydrogens is 384 g/mol. The Hall–Kier alpha value is -2.49. The molecule has 0 aliphatic rings. The van der Waals surface area contributed by atoms with Crippen LogP contribution >= 0.6 is 0 Å². The van der Waals surface area contributed by atoms with Crippen molar-refractivity contribution in [3.05, 3.63) is 38.0 Å². The molecule has 3 N–H and O–H groups in total. The Morgan fingerprint density at radius 1 is 0.862 bits per heavy atom. The first-order valence-electron chi connectivity index (χ1n) is 9.12. The van der Waals surface area contributed by atoms with Gasteiger partial charge in [0.15, 0.2) is 6.10 Å². The predicted molar refractivity (Wildman–Crippen MR) is 103 cm³/mol. The van der Waals surface area contributed by atoms with Gasteiger partial charge in [-0.25, -0.2) is 14.4 Å². The fraction of sp³-hybridized carbons (Fsp3) is 0.550. The van der Waals surface area contributed by atoms with Crippen molar-refractivity contribution < 1.29 is 43.9 Å². The van der Waals surface area contributed by atoms with E-state index in [4.69, 9.17) is 14.2 Å². The van der Waals surface area contributed by atoms with Crippen molar-refractivity contribution >= 4 is 17.9 Å². The summed E-state index contributed by atoms with van der Waals surface area (Å²) in [6.07, 6.45) is 2.82. The van der Waals surface area contributed by atoms with Crippen molar-refractivity contribution in [2.45, 2.75) is 44.5 Å². The van der Waals surface area contributed by atoms with Crippen LogP contribution in [0.15, 0.2) is 38.0 Å². The molecule has 0 radical (unpaired) electrons. The number of esters is 3. The molecule has 9 nitrogen and oxygen atoms in total. The second-order valence-corrected chi connectivity index (χ2v) is 6.30. The molecule has 0 aliphatic heterocycles. The largest absolute Gasteiger partial charge is 0.451 e. The smallest absolute Gasteiger partial charge is 0.333 e. The second kappa shape index (κ2) is 12.9. The van der Waals surface area contributed by atoms with Crippen molar-refractivity contribution in [2.75, 3.05) is 19.8 Å². The highest BCUT2D eigenvalue weighted by Crippen LogP contribution is 2.42. The number of hydrogen-bond donors (Lipinski definition) is 3. The average molecular weight is 414 g/mol. The fourth-order valence-electron chi connectivity index (χ4n) is 2.67. The molecule has 0 saturated heterocycles. The predicted octanol–water partition coefficient (Wildman–Crippen LogP) is 0.782. The maximum absolute atomic E-state index is 12.1. The highest BCUT2D eigenvalue weighted by molar-refractivity contribution is 5.84. The summed E-state index contributed by atoms with van der Waals surface area (Å²) in [7, 11) is 0. The molecule has 0 aliphatic carbocycles. The lowest BCUT2D eigenvalue weighted by molar-refractivity contribution is -0.324. The molecule has 0 bridgehead atoms. The SMILES string of the molecule is C=CC(=O)OC(CCCCC)C(OC(=O)C=C)(OC(=O)C=C)C(CO)(CO)CO. The highest BCUT2D eigenvalue weighted by Gasteiger charge is 2.63. The van der Waals surface area contributed by atoms with Crippen molar-refractivity contribution in [1.29, 1.82) is 0 Å². The Labute approximate surface area is 170 Å². The van der Waals surface area contributed by atoms with Gasteiger partial charge in [0.05, 0.1) is 19.8 Å². The van der Waals surface area contributed by atoms with Crippen molar-refractivity contribution in [2.24, 2.45) is 5.41 Å². The zero-order valence-corrected chi connectivity index (χ0v) is 16.7. The molecule has 164 valence electrons. The molecule has 0 aromatic carbocycles. The van der Waals surface area contributed by atoms with Crippen LogP contribution in [0.3, 0.4) is 0 Å². The van der Waals surface area contributed by atoms with E-state index in [9.17, 15) is 29.7 Å². The van der Waals surface area contributed by atoms with Crippen molar-refractivity contribution in [1.82, 2.24) is 0 Å². The van der Waals surface area contributed by atoms with Crippen molar-refractivity contribution in [3.8, 4) is 0 Å². The summed E-state index contributed by atoms with van der Waals surface area (Å²) >= 11 is 0. The summed E-state index contributed by atoms with van der Waals surface area (Å²) < 4.78 is 15.9. The number of unbranched alkanes of at least 4 members (excludes halogenated alkanes) is 2. The number of carbonyl (C=O) groups excluding carboxylic acids is 3. The summed E-state index contributed by atoms with van der Waals surface area (Å²) in [5.41, 5.74) is -2.12. The molecule has 0 saturated carbocycles. The first kappa shape index (κ1) is 26.5. The lowest BCUT2D eigenvalue weighted by atomic mass is 9.76. The number of rotatable bonds is 15. The van der Waals surface area contributed by atoms with Crippen LogP contribution in [-0.4, -0.2) is 64.9 Å². The number of ether oxygens (including phenoxy) is 3. The van der Waals surface area contributed by atoms with Gasteiger partial charge < -0.3 is 29.5 Å². The molecule has 9 heteroatoms. The van der Waals surface area contributed by atoms with Crippen LogP contribution in [0.2, 0.25) is 0 Å². The minimum atomic E-state index is -2.58. The summed E-state index contributed by atoms with van der Waals surface area (Å²) in [4.78, 5) is 36.2. The summed E-state index contributed by atoms with van der Waals surface area (Å²) in [5.74, 6) is -5.70. The van der Waals surface area contributed by atoms with E-state index in [-0.39, 0.29) is 6.42 Å². The van der Waals surface area contributed by atoms with Gasteiger partial charge in [0.25, 0.3) is 0 Å². The van der Waals surface area contributed by atoms with Crippen LogP contribution in [0.4, 0.5) is 0 Å². The molecule has 0 rings (SSSR count). The minimum absolute atomic E-state index is 0.0179. The van der Waals surface area contributed by atoms with Crippen LogP contribution in [0.25, 0.3) is 0 Å². The Kier molecular flexibility index (Phi) is 11.8. The molecule has 0 aromatic rings. The standard InChI is InChI=1S/C20H30O9/c1-5-9-10-11-15(27-16(24)6-2)20(28-17(25)7-3,29-18(26)8-4)19(12-21,13-22)14-23/h6-8,15,21-23H,2-5,9-14H2,1H3. The average Bonchev–Trinajstić information content (AvgIpc) is 2.73. The monoisotopic (exact) mass is 414 g/mol. The number of aliphatic hydroxyl groups excluding tert-OH is 3. The van der Waals surface area contributed by atoms with Crippen molar-refractivity contribution in [3.63, 3.8) is 0 Å². The van der Waals surface area contributed by atoms with E-state index in [0.29, 0.717) is 12.8 Å². The third-order valence-electron chi connectivity index (χ3n) is 4.40. The van der Waals surface area contributed by atoms with E-state index in [2.05, 4.69) is 19.7 Å². The lowest BCUT2D eigenvalue weighted by Gasteiger charge is -2.48. The zero-order chi connectivity index (χ0) is 22.5. The van der Waals surface area contributed by atoms with Crippen LogP contribution in [0.5, 0.6) is 0 Å². The highest BCUT2D eigenvalue weighted by atomic mass is 16.8. The van der Waals surface area contributed by atoms with E-state index in [1.807, 2.05) is 6.92 Å². The number of aliphatic hydroxyl groups is 3. The first-order chi connectivity index (χ1) is 13.8. The van der Waals surface area contributed by atoms with Gasteiger partial charge in [0.1, 0.15) is 5.41 Å². The van der Waals surface area contributed by atoms with Gasteiger partial charge in [-0.1, -0.05) is 39.5 Å².